The number of carbonyl (C=O) groups excluding carboxylic acids is 1. The van der Waals surface area contributed by atoms with E-state index in [1.807, 2.05) is 23.6 Å². The van der Waals surface area contributed by atoms with Crippen LogP contribution in [0.2, 0.25) is 0 Å². The number of nitrogens with zero attached hydrogens (tertiary/aromatic N) is 1. The molecule has 2 aromatic rings. The fourth-order valence-electron chi connectivity index (χ4n) is 1.72. The molecular weight excluding hydrogens is 288 g/mol. The van der Waals surface area contributed by atoms with Gasteiger partial charge in [0, 0.05) is 28.5 Å². The van der Waals surface area contributed by atoms with Crippen molar-refractivity contribution in [2.24, 2.45) is 0 Å². The summed E-state index contributed by atoms with van der Waals surface area (Å²) in [6.45, 7) is 2.81. The molecule has 1 aromatic carbocycles. The predicted octanol–water partition coefficient (Wildman–Crippen LogP) is 3.37. The van der Waals surface area contributed by atoms with Crippen molar-refractivity contribution in [3.8, 4) is 0 Å². The summed E-state index contributed by atoms with van der Waals surface area (Å²) in [6, 6.07) is 10.2. The zero-order chi connectivity index (χ0) is 14.2. The Morgan fingerprint density at radius 1 is 1.40 bits per heavy atom. The van der Waals surface area contributed by atoms with Crippen molar-refractivity contribution in [2.75, 3.05) is 6.54 Å². The van der Waals surface area contributed by atoms with Crippen LogP contribution in [0, 0.1) is 0 Å². The van der Waals surface area contributed by atoms with Gasteiger partial charge in [0.25, 0.3) is 0 Å². The smallest absolute Gasteiger partial charge is 0.220 e. The fraction of sp³-hybridized carbons (Fsp3) is 0.333. The van der Waals surface area contributed by atoms with Gasteiger partial charge >= 0.3 is 0 Å². The van der Waals surface area contributed by atoms with Crippen molar-refractivity contribution in [3.63, 3.8) is 0 Å². The van der Waals surface area contributed by atoms with Crippen LogP contribution in [0.4, 0.5) is 0 Å². The molecule has 20 heavy (non-hydrogen) atoms. The summed E-state index contributed by atoms with van der Waals surface area (Å²) in [5, 5.41) is 5.33. The Balaban J connectivity index is 1.65. The minimum atomic E-state index is 0.0958. The van der Waals surface area contributed by atoms with Crippen LogP contribution in [0.5, 0.6) is 0 Å². The third kappa shape index (κ3) is 5.35. The highest BCUT2D eigenvalue weighted by atomic mass is 32.2. The zero-order valence-electron chi connectivity index (χ0n) is 11.4. The van der Waals surface area contributed by atoms with Crippen molar-refractivity contribution in [2.45, 2.75) is 29.9 Å². The van der Waals surface area contributed by atoms with E-state index in [-0.39, 0.29) is 5.91 Å². The van der Waals surface area contributed by atoms with Gasteiger partial charge in [0.05, 0.1) is 11.2 Å². The molecule has 0 unspecified atom stereocenters. The molecule has 0 aliphatic carbocycles. The average molecular weight is 306 g/mol. The van der Waals surface area contributed by atoms with Crippen molar-refractivity contribution in [3.05, 3.63) is 46.9 Å². The number of hydrogen-bond acceptors (Lipinski definition) is 4. The number of carbonyl (C=O) groups is 1. The van der Waals surface area contributed by atoms with Gasteiger partial charge in [-0.25, -0.2) is 4.98 Å². The largest absolute Gasteiger partial charge is 0.355 e. The number of nitrogens with one attached hydrogen (secondary N) is 1. The normalized spacial score (nSPS) is 12.1. The third-order valence-electron chi connectivity index (χ3n) is 2.76. The highest BCUT2D eigenvalue weighted by Crippen LogP contribution is 2.21. The molecule has 106 valence electrons. The second-order valence-corrected chi connectivity index (χ2v) is 6.76. The van der Waals surface area contributed by atoms with Crippen LogP contribution in [-0.4, -0.2) is 22.7 Å². The Kier molecular flexibility index (Phi) is 6.08. The summed E-state index contributed by atoms with van der Waals surface area (Å²) in [4.78, 5) is 17.2. The van der Waals surface area contributed by atoms with E-state index in [0.29, 0.717) is 18.2 Å². The van der Waals surface area contributed by atoms with E-state index in [1.165, 1.54) is 4.90 Å². The Labute approximate surface area is 127 Å². The first-order valence-corrected chi connectivity index (χ1v) is 8.42. The molecule has 1 N–H and O–H groups in total. The number of rotatable bonds is 7. The molecule has 1 heterocycles. The predicted molar refractivity (Wildman–Crippen MR) is 85.2 cm³/mol. The molecule has 0 aliphatic rings. The van der Waals surface area contributed by atoms with Crippen molar-refractivity contribution >= 4 is 29.0 Å². The van der Waals surface area contributed by atoms with Gasteiger partial charge < -0.3 is 5.32 Å². The van der Waals surface area contributed by atoms with E-state index in [0.717, 1.165) is 12.1 Å². The average Bonchev–Trinajstić information content (AvgIpc) is 2.97. The van der Waals surface area contributed by atoms with Gasteiger partial charge in [-0.05, 0) is 18.6 Å². The minimum Gasteiger partial charge on any atom is -0.355 e. The Morgan fingerprint density at radius 2 is 2.20 bits per heavy atom. The van der Waals surface area contributed by atoms with Gasteiger partial charge in [-0.2, -0.15) is 0 Å². The summed E-state index contributed by atoms with van der Waals surface area (Å²) in [7, 11) is 0. The van der Waals surface area contributed by atoms with E-state index in [2.05, 4.69) is 29.4 Å². The van der Waals surface area contributed by atoms with Gasteiger partial charge in [0.2, 0.25) is 5.91 Å². The topological polar surface area (TPSA) is 42.0 Å². The fourth-order valence-corrected chi connectivity index (χ4v) is 3.26. The van der Waals surface area contributed by atoms with Crippen molar-refractivity contribution < 1.29 is 4.79 Å². The summed E-state index contributed by atoms with van der Waals surface area (Å²) in [5.74, 6) is 0.0958. The summed E-state index contributed by atoms with van der Waals surface area (Å²) in [6.07, 6.45) is 1.22. The maximum absolute atomic E-state index is 11.8. The molecular formula is C15H18N2OS2. The van der Waals surface area contributed by atoms with Crippen LogP contribution in [-0.2, 0) is 11.2 Å². The van der Waals surface area contributed by atoms with Gasteiger partial charge in [-0.3, -0.25) is 4.79 Å². The first kappa shape index (κ1) is 15.1. The molecule has 0 saturated heterocycles. The lowest BCUT2D eigenvalue weighted by Crippen LogP contribution is -2.29. The number of aromatic nitrogens is 1. The van der Waals surface area contributed by atoms with E-state index >= 15 is 0 Å². The molecule has 1 amide bonds. The third-order valence-corrected chi connectivity index (χ3v) is 4.51. The van der Waals surface area contributed by atoms with E-state index in [9.17, 15) is 4.79 Å². The van der Waals surface area contributed by atoms with Crippen LogP contribution in [0.1, 0.15) is 19.0 Å². The number of amides is 1. The molecule has 0 fully saturated rings. The van der Waals surface area contributed by atoms with E-state index in [1.54, 1.807) is 28.6 Å². The van der Waals surface area contributed by atoms with Gasteiger partial charge in [-0.1, -0.05) is 25.1 Å². The number of thiazole rings is 1. The molecule has 0 spiro atoms. The molecule has 2 rings (SSSR count). The molecule has 0 saturated carbocycles. The monoisotopic (exact) mass is 306 g/mol. The maximum atomic E-state index is 11.8. The van der Waals surface area contributed by atoms with Crippen LogP contribution in [0.25, 0.3) is 0 Å². The number of aryl methyl sites for hydroxylation is 1. The standard InChI is InChI=1S/C15H18N2OS2/c1-12(20-14-5-3-2-4-6-14)9-16-15(18)8-7-13-10-19-11-17-13/h2-6,10-12H,7-9H2,1H3,(H,16,18)/t12-/m1/s1. The highest BCUT2D eigenvalue weighted by molar-refractivity contribution is 8.00. The molecule has 1 atom stereocenters. The van der Waals surface area contributed by atoms with Crippen molar-refractivity contribution in [1.82, 2.24) is 10.3 Å². The minimum absolute atomic E-state index is 0.0958. The first-order chi connectivity index (χ1) is 9.74. The molecule has 0 aliphatic heterocycles. The quantitative estimate of drug-likeness (QED) is 0.797. The van der Waals surface area contributed by atoms with Gasteiger partial charge in [0.1, 0.15) is 0 Å². The second kappa shape index (κ2) is 8.07. The van der Waals surface area contributed by atoms with E-state index < -0.39 is 0 Å². The van der Waals surface area contributed by atoms with Crippen LogP contribution in [0.15, 0.2) is 46.1 Å². The Bertz CT molecular complexity index is 514. The van der Waals surface area contributed by atoms with Crippen LogP contribution >= 0.6 is 23.1 Å². The number of thioether (sulfide) groups is 1. The molecule has 3 nitrogen and oxygen atoms in total. The SMILES string of the molecule is C[C@H](CNC(=O)CCc1cscn1)Sc1ccccc1. The number of hydrogen-bond donors (Lipinski definition) is 1. The Hall–Kier alpha value is -1.33. The van der Waals surface area contributed by atoms with Crippen LogP contribution < -0.4 is 5.32 Å². The number of benzene rings is 1. The van der Waals surface area contributed by atoms with Gasteiger partial charge in [-0.15, -0.1) is 23.1 Å². The Morgan fingerprint density at radius 3 is 2.90 bits per heavy atom. The van der Waals surface area contributed by atoms with E-state index in [4.69, 9.17) is 0 Å². The highest BCUT2D eigenvalue weighted by Gasteiger charge is 2.07. The molecule has 0 radical (unpaired) electrons. The zero-order valence-corrected chi connectivity index (χ0v) is 13.0. The summed E-state index contributed by atoms with van der Waals surface area (Å²) in [5.41, 5.74) is 2.79. The van der Waals surface area contributed by atoms with Crippen LogP contribution in [0.3, 0.4) is 0 Å². The van der Waals surface area contributed by atoms with Gasteiger partial charge in [0.15, 0.2) is 0 Å². The first-order valence-electron chi connectivity index (χ1n) is 6.59. The lowest BCUT2D eigenvalue weighted by molar-refractivity contribution is -0.121. The summed E-state index contributed by atoms with van der Waals surface area (Å²) < 4.78 is 0. The second-order valence-electron chi connectivity index (χ2n) is 4.53. The molecule has 5 heteroatoms. The molecule has 0 bridgehead atoms. The molecule has 1 aromatic heterocycles. The summed E-state index contributed by atoms with van der Waals surface area (Å²) >= 11 is 3.34. The maximum Gasteiger partial charge on any atom is 0.220 e. The lowest BCUT2D eigenvalue weighted by Gasteiger charge is -2.12. The lowest BCUT2D eigenvalue weighted by atomic mass is 10.2. The van der Waals surface area contributed by atoms with Crippen molar-refractivity contribution in [1.29, 1.82) is 0 Å².